The zero-order valence-corrected chi connectivity index (χ0v) is 9.40. The molecule has 16 heavy (non-hydrogen) atoms. The van der Waals surface area contributed by atoms with Crippen LogP contribution in [-0.4, -0.2) is 16.3 Å². The minimum absolute atomic E-state index is 1.09. The fourth-order valence-corrected chi connectivity index (χ4v) is 2.21. The molecule has 1 aromatic heterocycles. The monoisotopic (exact) mass is 213 g/mol. The predicted molar refractivity (Wildman–Crippen MR) is 65.5 cm³/mol. The zero-order valence-electron chi connectivity index (χ0n) is 9.40. The summed E-state index contributed by atoms with van der Waals surface area (Å²) in [7, 11) is 1.94. The van der Waals surface area contributed by atoms with Gasteiger partial charge in [0.1, 0.15) is 0 Å². The number of aromatic nitrogens is 2. The molecule has 3 heteroatoms. The van der Waals surface area contributed by atoms with Crippen LogP contribution in [0.3, 0.4) is 0 Å². The second kappa shape index (κ2) is 3.67. The highest BCUT2D eigenvalue weighted by Gasteiger charge is 2.09. The van der Waals surface area contributed by atoms with Gasteiger partial charge in [-0.2, -0.15) is 5.10 Å². The summed E-state index contributed by atoms with van der Waals surface area (Å²) in [5.74, 6) is 0. The zero-order chi connectivity index (χ0) is 11.0. The Bertz CT molecular complexity index is 514. The maximum atomic E-state index is 4.20. The third-order valence-corrected chi connectivity index (χ3v) is 3.09. The van der Waals surface area contributed by atoms with Gasteiger partial charge < -0.3 is 5.32 Å². The third-order valence-electron chi connectivity index (χ3n) is 3.09. The van der Waals surface area contributed by atoms with Gasteiger partial charge >= 0.3 is 0 Å². The van der Waals surface area contributed by atoms with Gasteiger partial charge in [-0.15, -0.1) is 0 Å². The summed E-state index contributed by atoms with van der Waals surface area (Å²) in [6.45, 7) is 1.09. The summed E-state index contributed by atoms with van der Waals surface area (Å²) in [5.41, 5.74) is 5.13. The summed E-state index contributed by atoms with van der Waals surface area (Å²) < 4.78 is 1.84. The first-order valence-electron chi connectivity index (χ1n) is 5.69. The van der Waals surface area contributed by atoms with E-state index in [0.717, 1.165) is 6.54 Å². The Hall–Kier alpha value is -1.77. The molecule has 1 N–H and O–H groups in total. The Balaban J connectivity index is 2.02. The van der Waals surface area contributed by atoms with Gasteiger partial charge in [0.05, 0.1) is 6.20 Å². The number of nitrogens with one attached hydrogen (secondary N) is 1. The van der Waals surface area contributed by atoms with Crippen LogP contribution >= 0.6 is 0 Å². The Morgan fingerprint density at radius 1 is 1.31 bits per heavy atom. The first-order chi connectivity index (χ1) is 7.83. The molecule has 0 saturated heterocycles. The molecule has 3 rings (SSSR count). The molecule has 0 saturated carbocycles. The predicted octanol–water partition coefficient (Wildman–Crippen LogP) is 2.45. The lowest BCUT2D eigenvalue weighted by molar-refractivity contribution is 0.768. The van der Waals surface area contributed by atoms with Gasteiger partial charge in [0, 0.05) is 31.0 Å². The molecule has 1 aromatic carbocycles. The van der Waals surface area contributed by atoms with E-state index in [1.54, 1.807) is 0 Å². The number of rotatable bonds is 1. The Morgan fingerprint density at radius 2 is 2.25 bits per heavy atom. The number of hydrogen-bond acceptors (Lipinski definition) is 2. The largest absolute Gasteiger partial charge is 0.385 e. The van der Waals surface area contributed by atoms with Gasteiger partial charge in [-0.1, -0.05) is 12.1 Å². The second-order valence-corrected chi connectivity index (χ2v) is 4.30. The quantitative estimate of drug-likeness (QED) is 0.788. The highest BCUT2D eigenvalue weighted by Crippen LogP contribution is 2.28. The van der Waals surface area contributed by atoms with E-state index in [2.05, 4.69) is 28.6 Å². The first-order valence-corrected chi connectivity index (χ1v) is 5.69. The van der Waals surface area contributed by atoms with E-state index in [-0.39, 0.29) is 0 Å². The average molecular weight is 213 g/mol. The summed E-state index contributed by atoms with van der Waals surface area (Å²) in [4.78, 5) is 0. The normalized spacial score (nSPS) is 14.3. The molecule has 3 nitrogen and oxygen atoms in total. The summed E-state index contributed by atoms with van der Waals surface area (Å²) >= 11 is 0. The molecule has 0 bridgehead atoms. The topological polar surface area (TPSA) is 29.9 Å². The third kappa shape index (κ3) is 1.58. The molecule has 1 aliphatic heterocycles. The number of anilines is 1. The lowest BCUT2D eigenvalue weighted by Gasteiger charge is -2.18. The van der Waals surface area contributed by atoms with E-state index < -0.39 is 0 Å². The lowest BCUT2D eigenvalue weighted by Crippen LogP contribution is -2.11. The van der Waals surface area contributed by atoms with Gasteiger partial charge in [-0.05, 0) is 30.0 Å². The van der Waals surface area contributed by atoms with Crippen molar-refractivity contribution >= 4 is 5.69 Å². The molecule has 2 heterocycles. The maximum Gasteiger partial charge on any atom is 0.0568 e. The molecule has 0 amide bonds. The van der Waals surface area contributed by atoms with E-state index in [1.807, 2.05) is 24.1 Å². The fraction of sp³-hybridized carbons (Fsp3) is 0.308. The van der Waals surface area contributed by atoms with Gasteiger partial charge in [-0.3, -0.25) is 4.68 Å². The first kappa shape index (κ1) is 9.46. The minimum atomic E-state index is 1.09. The molecular formula is C13H15N3. The van der Waals surface area contributed by atoms with Gasteiger partial charge in [0.15, 0.2) is 0 Å². The second-order valence-electron chi connectivity index (χ2n) is 4.30. The number of nitrogens with zero attached hydrogens (tertiary/aromatic N) is 2. The van der Waals surface area contributed by atoms with Crippen molar-refractivity contribution in [3.63, 3.8) is 0 Å². The molecule has 0 spiro atoms. The number of hydrogen-bond donors (Lipinski definition) is 1. The van der Waals surface area contributed by atoms with Crippen molar-refractivity contribution in [2.45, 2.75) is 12.8 Å². The van der Waals surface area contributed by atoms with E-state index >= 15 is 0 Å². The summed E-state index contributed by atoms with van der Waals surface area (Å²) in [6.07, 6.45) is 6.38. The van der Waals surface area contributed by atoms with Crippen LogP contribution in [-0.2, 0) is 13.5 Å². The van der Waals surface area contributed by atoms with Crippen LogP contribution in [0.5, 0.6) is 0 Å². The Morgan fingerprint density at radius 3 is 3.06 bits per heavy atom. The fourth-order valence-electron chi connectivity index (χ4n) is 2.21. The average Bonchev–Trinajstić information content (AvgIpc) is 2.75. The number of benzene rings is 1. The lowest BCUT2D eigenvalue weighted by atomic mass is 9.99. The standard InChI is InChI=1S/C13H15N3/c1-16-9-12(8-15-16)11-5-4-10-3-2-6-14-13(10)7-11/h4-5,7-9,14H,2-3,6H2,1H3. The van der Waals surface area contributed by atoms with Gasteiger partial charge in [-0.25, -0.2) is 0 Å². The van der Waals surface area contributed by atoms with Crippen LogP contribution in [0.1, 0.15) is 12.0 Å². The van der Waals surface area contributed by atoms with Crippen molar-refractivity contribution < 1.29 is 0 Å². The van der Waals surface area contributed by atoms with Gasteiger partial charge in [0.25, 0.3) is 0 Å². The smallest absolute Gasteiger partial charge is 0.0568 e. The molecule has 1 aliphatic rings. The van der Waals surface area contributed by atoms with Gasteiger partial charge in [0.2, 0.25) is 0 Å². The summed E-state index contributed by atoms with van der Waals surface area (Å²) in [5, 5.41) is 7.65. The molecule has 2 aromatic rings. The van der Waals surface area contributed by atoms with E-state index in [1.165, 1.54) is 35.2 Å². The van der Waals surface area contributed by atoms with Crippen LogP contribution in [0.4, 0.5) is 5.69 Å². The Kier molecular flexibility index (Phi) is 2.17. The minimum Gasteiger partial charge on any atom is -0.385 e. The van der Waals surface area contributed by atoms with Crippen LogP contribution in [0.15, 0.2) is 30.6 Å². The van der Waals surface area contributed by atoms with Crippen LogP contribution in [0.25, 0.3) is 11.1 Å². The SMILES string of the molecule is Cn1cc(-c2ccc3c(c2)NCCC3)cn1. The molecule has 0 fully saturated rings. The molecule has 0 unspecified atom stereocenters. The van der Waals surface area contributed by atoms with Crippen LogP contribution in [0, 0.1) is 0 Å². The van der Waals surface area contributed by atoms with E-state index in [4.69, 9.17) is 0 Å². The van der Waals surface area contributed by atoms with Crippen LogP contribution in [0.2, 0.25) is 0 Å². The van der Waals surface area contributed by atoms with Crippen molar-refractivity contribution in [1.82, 2.24) is 9.78 Å². The van der Waals surface area contributed by atoms with E-state index in [9.17, 15) is 0 Å². The number of fused-ring (bicyclic) bond motifs is 1. The van der Waals surface area contributed by atoms with Crippen molar-refractivity contribution in [2.75, 3.05) is 11.9 Å². The van der Waals surface area contributed by atoms with Crippen LogP contribution < -0.4 is 5.32 Å². The highest BCUT2D eigenvalue weighted by atomic mass is 15.2. The number of aryl methyl sites for hydroxylation is 2. The Labute approximate surface area is 95.1 Å². The molecule has 0 aliphatic carbocycles. The summed E-state index contributed by atoms with van der Waals surface area (Å²) in [6, 6.07) is 6.64. The molecular weight excluding hydrogens is 198 g/mol. The van der Waals surface area contributed by atoms with Crippen molar-refractivity contribution in [1.29, 1.82) is 0 Å². The molecule has 82 valence electrons. The highest BCUT2D eigenvalue weighted by molar-refractivity contribution is 5.69. The molecule has 0 radical (unpaired) electrons. The van der Waals surface area contributed by atoms with Crippen molar-refractivity contribution in [3.05, 3.63) is 36.2 Å². The maximum absolute atomic E-state index is 4.20. The van der Waals surface area contributed by atoms with Crippen molar-refractivity contribution in [3.8, 4) is 11.1 Å². The van der Waals surface area contributed by atoms with Crippen molar-refractivity contribution in [2.24, 2.45) is 7.05 Å². The molecule has 0 atom stereocenters. The van der Waals surface area contributed by atoms with E-state index in [0.29, 0.717) is 0 Å².